The van der Waals surface area contributed by atoms with Gasteiger partial charge in [-0.2, -0.15) is 11.8 Å². The predicted molar refractivity (Wildman–Crippen MR) is 80.7 cm³/mol. The summed E-state index contributed by atoms with van der Waals surface area (Å²) in [4.78, 5) is 0. The van der Waals surface area contributed by atoms with E-state index in [9.17, 15) is 0 Å². The summed E-state index contributed by atoms with van der Waals surface area (Å²) in [5.41, 5.74) is 2.67. The Morgan fingerprint density at radius 3 is 2.94 bits per heavy atom. The third-order valence-corrected chi connectivity index (χ3v) is 5.58. The summed E-state index contributed by atoms with van der Waals surface area (Å²) in [6.07, 6.45) is 6.31. The molecule has 0 aliphatic heterocycles. The minimum Gasteiger partial charge on any atom is -0.309 e. The highest BCUT2D eigenvalue weighted by Crippen LogP contribution is 2.28. The summed E-state index contributed by atoms with van der Waals surface area (Å²) < 4.78 is 1.21. The molecular formula is C14H20BrNS. The predicted octanol–water partition coefficient (Wildman–Crippen LogP) is 4.13. The Kier molecular flexibility index (Phi) is 4.95. The van der Waals surface area contributed by atoms with E-state index < -0.39 is 0 Å². The number of halogens is 1. The Labute approximate surface area is 117 Å². The first-order valence-electron chi connectivity index (χ1n) is 6.22. The Bertz CT molecular complexity index is 380. The van der Waals surface area contributed by atoms with Crippen molar-refractivity contribution in [3.8, 4) is 0 Å². The van der Waals surface area contributed by atoms with Gasteiger partial charge in [-0.1, -0.05) is 34.5 Å². The van der Waals surface area contributed by atoms with Gasteiger partial charge < -0.3 is 5.32 Å². The molecule has 17 heavy (non-hydrogen) atoms. The summed E-state index contributed by atoms with van der Waals surface area (Å²) in [7, 11) is 0. The van der Waals surface area contributed by atoms with Crippen LogP contribution in [0.5, 0.6) is 0 Å². The van der Waals surface area contributed by atoms with E-state index in [0.29, 0.717) is 6.04 Å². The SMILES string of the molecule is CSC1CCCC1NCc1ccc(C)c(Br)c1. The van der Waals surface area contributed by atoms with Crippen molar-refractivity contribution in [1.29, 1.82) is 0 Å². The third-order valence-electron chi connectivity index (χ3n) is 3.56. The molecule has 3 heteroatoms. The molecule has 0 amide bonds. The van der Waals surface area contributed by atoms with Crippen LogP contribution in [0.1, 0.15) is 30.4 Å². The van der Waals surface area contributed by atoms with Gasteiger partial charge >= 0.3 is 0 Å². The van der Waals surface area contributed by atoms with Crippen LogP contribution in [0.3, 0.4) is 0 Å². The largest absolute Gasteiger partial charge is 0.309 e. The normalized spacial score (nSPS) is 24.2. The summed E-state index contributed by atoms with van der Waals surface area (Å²) in [6, 6.07) is 7.33. The molecule has 1 fully saturated rings. The molecule has 0 aromatic heterocycles. The van der Waals surface area contributed by atoms with Crippen molar-refractivity contribution in [2.45, 2.75) is 44.0 Å². The van der Waals surface area contributed by atoms with Gasteiger partial charge in [-0.25, -0.2) is 0 Å². The second-order valence-electron chi connectivity index (χ2n) is 4.78. The lowest BCUT2D eigenvalue weighted by Gasteiger charge is -2.19. The minimum absolute atomic E-state index is 0.699. The van der Waals surface area contributed by atoms with Crippen LogP contribution in [-0.2, 0) is 6.54 Å². The average molecular weight is 314 g/mol. The van der Waals surface area contributed by atoms with Crippen LogP contribution in [0.4, 0.5) is 0 Å². The van der Waals surface area contributed by atoms with Crippen molar-refractivity contribution >= 4 is 27.7 Å². The first-order valence-corrected chi connectivity index (χ1v) is 8.30. The molecule has 94 valence electrons. The van der Waals surface area contributed by atoms with Gasteiger partial charge in [0.05, 0.1) is 0 Å². The molecule has 1 saturated carbocycles. The van der Waals surface area contributed by atoms with Crippen molar-refractivity contribution in [3.63, 3.8) is 0 Å². The molecule has 2 atom stereocenters. The monoisotopic (exact) mass is 313 g/mol. The fourth-order valence-corrected chi connectivity index (χ4v) is 3.83. The lowest BCUT2D eigenvalue weighted by atomic mass is 10.1. The lowest BCUT2D eigenvalue weighted by molar-refractivity contribution is 0.532. The highest BCUT2D eigenvalue weighted by molar-refractivity contribution is 9.10. The zero-order chi connectivity index (χ0) is 12.3. The van der Waals surface area contributed by atoms with Crippen LogP contribution in [0.2, 0.25) is 0 Å². The molecule has 0 spiro atoms. The Balaban J connectivity index is 1.91. The van der Waals surface area contributed by atoms with E-state index in [0.717, 1.165) is 11.8 Å². The lowest BCUT2D eigenvalue weighted by Crippen LogP contribution is -2.33. The molecule has 1 aliphatic carbocycles. The van der Waals surface area contributed by atoms with E-state index >= 15 is 0 Å². The van der Waals surface area contributed by atoms with Crippen LogP contribution < -0.4 is 5.32 Å². The second-order valence-corrected chi connectivity index (χ2v) is 6.71. The summed E-state index contributed by atoms with van der Waals surface area (Å²) in [5, 5.41) is 4.51. The molecule has 1 nitrogen and oxygen atoms in total. The fraction of sp³-hybridized carbons (Fsp3) is 0.571. The maximum absolute atomic E-state index is 3.70. The van der Waals surface area contributed by atoms with E-state index in [4.69, 9.17) is 0 Å². The van der Waals surface area contributed by atoms with Gasteiger partial charge in [0.15, 0.2) is 0 Å². The molecule has 0 bridgehead atoms. The highest BCUT2D eigenvalue weighted by atomic mass is 79.9. The van der Waals surface area contributed by atoms with E-state index in [1.54, 1.807) is 0 Å². The van der Waals surface area contributed by atoms with Crippen LogP contribution in [0.25, 0.3) is 0 Å². The summed E-state index contributed by atoms with van der Waals surface area (Å²) >= 11 is 5.60. The van der Waals surface area contributed by atoms with Gasteiger partial charge in [0, 0.05) is 22.3 Å². The number of hydrogen-bond donors (Lipinski definition) is 1. The number of rotatable bonds is 4. The zero-order valence-corrected chi connectivity index (χ0v) is 12.9. The maximum Gasteiger partial charge on any atom is 0.0208 e. The quantitative estimate of drug-likeness (QED) is 0.897. The molecule has 2 rings (SSSR count). The van der Waals surface area contributed by atoms with Crippen LogP contribution >= 0.6 is 27.7 Å². The van der Waals surface area contributed by atoms with E-state index in [1.807, 2.05) is 11.8 Å². The van der Waals surface area contributed by atoms with Gasteiger partial charge in [0.1, 0.15) is 0 Å². The molecule has 1 N–H and O–H groups in total. The fourth-order valence-electron chi connectivity index (χ4n) is 2.44. The average Bonchev–Trinajstić information content (AvgIpc) is 2.78. The van der Waals surface area contributed by atoms with Gasteiger partial charge in [-0.3, -0.25) is 0 Å². The molecule has 1 aromatic rings. The van der Waals surface area contributed by atoms with Crippen LogP contribution in [0.15, 0.2) is 22.7 Å². The first kappa shape index (κ1) is 13.4. The molecule has 0 saturated heterocycles. The Hall–Kier alpha value is 0.01000. The molecular weight excluding hydrogens is 294 g/mol. The van der Waals surface area contributed by atoms with E-state index in [-0.39, 0.29) is 0 Å². The molecule has 0 heterocycles. The van der Waals surface area contributed by atoms with Gasteiger partial charge in [0.2, 0.25) is 0 Å². The van der Waals surface area contributed by atoms with Crippen molar-refractivity contribution in [1.82, 2.24) is 5.32 Å². The van der Waals surface area contributed by atoms with Crippen molar-refractivity contribution < 1.29 is 0 Å². The van der Waals surface area contributed by atoms with Crippen molar-refractivity contribution in [2.24, 2.45) is 0 Å². The molecule has 0 radical (unpaired) electrons. The van der Waals surface area contributed by atoms with Crippen LogP contribution in [0, 0.1) is 6.92 Å². The van der Waals surface area contributed by atoms with Gasteiger partial charge in [0.25, 0.3) is 0 Å². The maximum atomic E-state index is 3.70. The highest BCUT2D eigenvalue weighted by Gasteiger charge is 2.25. The summed E-state index contributed by atoms with van der Waals surface area (Å²) in [6.45, 7) is 3.11. The first-order chi connectivity index (χ1) is 8.20. The van der Waals surface area contributed by atoms with Gasteiger partial charge in [-0.15, -0.1) is 0 Å². The number of nitrogens with one attached hydrogen (secondary N) is 1. The number of hydrogen-bond acceptors (Lipinski definition) is 2. The number of benzene rings is 1. The molecule has 2 unspecified atom stereocenters. The number of thioether (sulfide) groups is 1. The van der Waals surface area contributed by atoms with Gasteiger partial charge in [-0.05, 0) is 43.2 Å². The van der Waals surface area contributed by atoms with Crippen LogP contribution in [-0.4, -0.2) is 17.5 Å². The standard InChI is InChI=1S/C14H20BrNS/c1-10-6-7-11(8-12(10)15)9-16-13-4-3-5-14(13)17-2/h6-8,13-14,16H,3-5,9H2,1-2H3. The van der Waals surface area contributed by atoms with Crippen molar-refractivity contribution in [3.05, 3.63) is 33.8 Å². The molecule has 1 aromatic carbocycles. The molecule has 1 aliphatic rings. The Morgan fingerprint density at radius 1 is 1.41 bits per heavy atom. The third kappa shape index (κ3) is 3.49. The summed E-state index contributed by atoms with van der Waals surface area (Å²) in [5.74, 6) is 0. The number of aryl methyl sites for hydroxylation is 1. The second kappa shape index (κ2) is 6.26. The minimum atomic E-state index is 0.699. The zero-order valence-electron chi connectivity index (χ0n) is 10.5. The smallest absolute Gasteiger partial charge is 0.0208 e. The van der Waals surface area contributed by atoms with E-state index in [2.05, 4.69) is 52.6 Å². The topological polar surface area (TPSA) is 12.0 Å². The van der Waals surface area contributed by atoms with Crippen molar-refractivity contribution in [2.75, 3.05) is 6.26 Å². The Morgan fingerprint density at radius 2 is 2.24 bits per heavy atom. The van der Waals surface area contributed by atoms with E-state index in [1.165, 1.54) is 34.9 Å².